The van der Waals surface area contributed by atoms with Crippen molar-refractivity contribution in [3.8, 4) is 0 Å². The third-order valence-corrected chi connectivity index (χ3v) is 3.96. The maximum Gasteiger partial charge on any atom is 0.333 e. The molecule has 1 unspecified atom stereocenters. The molecule has 1 atom stereocenters. The van der Waals surface area contributed by atoms with Crippen LogP contribution in [0.25, 0.3) is 0 Å². The van der Waals surface area contributed by atoms with E-state index in [2.05, 4.69) is 21.2 Å². The van der Waals surface area contributed by atoms with E-state index >= 15 is 0 Å². The molecule has 21 heavy (non-hydrogen) atoms. The quantitative estimate of drug-likeness (QED) is 0.742. The first-order chi connectivity index (χ1) is 10.0. The Morgan fingerprint density at radius 1 is 1.19 bits per heavy atom. The molecule has 0 aromatic heterocycles. The summed E-state index contributed by atoms with van der Waals surface area (Å²) in [7, 11) is 1.34. The number of hydrogen-bond acceptors (Lipinski definition) is 3. The molecule has 0 fully saturated rings. The summed E-state index contributed by atoms with van der Waals surface area (Å²) in [5.41, 5.74) is 1.38. The molecule has 0 amide bonds. The van der Waals surface area contributed by atoms with E-state index in [1.165, 1.54) is 7.11 Å². The van der Waals surface area contributed by atoms with Crippen molar-refractivity contribution in [1.29, 1.82) is 0 Å². The van der Waals surface area contributed by atoms with Crippen molar-refractivity contribution in [2.24, 2.45) is 0 Å². The van der Waals surface area contributed by atoms with Gasteiger partial charge in [-0.25, -0.2) is 4.79 Å². The molecule has 2 aromatic rings. The van der Waals surface area contributed by atoms with Crippen LogP contribution in [0.2, 0.25) is 10.0 Å². The number of esters is 1. The lowest BCUT2D eigenvalue weighted by atomic mass is 10.1. The van der Waals surface area contributed by atoms with Crippen molar-refractivity contribution >= 4 is 50.8 Å². The summed E-state index contributed by atoms with van der Waals surface area (Å²) in [6.07, 6.45) is 0. The molecule has 0 heterocycles. The molecule has 3 nitrogen and oxygen atoms in total. The van der Waals surface area contributed by atoms with Crippen LogP contribution in [0.1, 0.15) is 11.6 Å². The zero-order valence-corrected chi connectivity index (χ0v) is 14.2. The Morgan fingerprint density at radius 2 is 1.86 bits per heavy atom. The summed E-state index contributed by atoms with van der Waals surface area (Å²) >= 11 is 15.4. The normalized spacial score (nSPS) is 11.8. The first-order valence-electron chi connectivity index (χ1n) is 6.06. The second-order valence-corrected chi connectivity index (χ2v) is 6.03. The van der Waals surface area contributed by atoms with Gasteiger partial charge in [-0.1, -0.05) is 45.2 Å². The van der Waals surface area contributed by atoms with Crippen LogP contribution in [0, 0.1) is 0 Å². The first kappa shape index (κ1) is 16.1. The number of benzene rings is 2. The Morgan fingerprint density at radius 3 is 2.43 bits per heavy atom. The van der Waals surface area contributed by atoms with Crippen LogP contribution in [0.3, 0.4) is 0 Å². The highest BCUT2D eigenvalue weighted by Crippen LogP contribution is 2.30. The molecule has 1 N–H and O–H groups in total. The number of ether oxygens (including phenoxy) is 1. The summed E-state index contributed by atoms with van der Waals surface area (Å²) in [6, 6.07) is 11.7. The minimum absolute atomic E-state index is 0.405. The number of rotatable bonds is 4. The molecular weight excluding hydrogens is 377 g/mol. The lowest BCUT2D eigenvalue weighted by Gasteiger charge is -2.19. The van der Waals surface area contributed by atoms with E-state index in [4.69, 9.17) is 27.9 Å². The van der Waals surface area contributed by atoms with Crippen molar-refractivity contribution in [3.05, 3.63) is 62.5 Å². The number of methoxy groups -OCH3 is 1. The highest BCUT2D eigenvalue weighted by Gasteiger charge is 2.23. The number of carbonyl (C=O) groups excluding carboxylic acids is 1. The van der Waals surface area contributed by atoms with Gasteiger partial charge in [-0.3, -0.25) is 0 Å². The van der Waals surface area contributed by atoms with Gasteiger partial charge >= 0.3 is 5.97 Å². The Kier molecular flexibility index (Phi) is 5.51. The van der Waals surface area contributed by atoms with E-state index in [1.807, 2.05) is 24.3 Å². The smallest absolute Gasteiger partial charge is 0.333 e. The van der Waals surface area contributed by atoms with Crippen molar-refractivity contribution in [1.82, 2.24) is 0 Å². The van der Waals surface area contributed by atoms with Gasteiger partial charge in [-0.2, -0.15) is 0 Å². The van der Waals surface area contributed by atoms with Gasteiger partial charge in [0.25, 0.3) is 0 Å². The van der Waals surface area contributed by atoms with Gasteiger partial charge < -0.3 is 10.1 Å². The van der Waals surface area contributed by atoms with E-state index in [9.17, 15) is 4.79 Å². The fourth-order valence-corrected chi connectivity index (χ4v) is 2.61. The topological polar surface area (TPSA) is 38.3 Å². The van der Waals surface area contributed by atoms with Gasteiger partial charge in [0.1, 0.15) is 0 Å². The Hall–Kier alpha value is -1.23. The molecule has 110 valence electrons. The lowest BCUT2D eigenvalue weighted by Crippen LogP contribution is -2.22. The van der Waals surface area contributed by atoms with Crippen LogP contribution in [-0.2, 0) is 9.53 Å². The largest absolute Gasteiger partial charge is 0.467 e. The van der Waals surface area contributed by atoms with Crippen LogP contribution in [-0.4, -0.2) is 13.1 Å². The SMILES string of the molecule is COC(=O)C(Nc1ccc(Br)cc1)c1ccc(Cl)cc1Cl. The van der Waals surface area contributed by atoms with Crippen LogP contribution in [0.15, 0.2) is 46.9 Å². The number of halogens is 3. The van der Waals surface area contributed by atoms with Crippen LogP contribution in [0.5, 0.6) is 0 Å². The van der Waals surface area contributed by atoms with Gasteiger partial charge in [0.05, 0.1) is 7.11 Å². The summed E-state index contributed by atoms with van der Waals surface area (Å²) in [5, 5.41) is 4.03. The average Bonchev–Trinajstić information content (AvgIpc) is 2.47. The zero-order valence-electron chi connectivity index (χ0n) is 11.1. The Bertz CT molecular complexity index is 647. The van der Waals surface area contributed by atoms with Gasteiger partial charge in [0.2, 0.25) is 0 Å². The predicted molar refractivity (Wildman–Crippen MR) is 89.0 cm³/mol. The maximum absolute atomic E-state index is 12.0. The number of nitrogens with one attached hydrogen (secondary N) is 1. The molecule has 0 aliphatic heterocycles. The third-order valence-electron chi connectivity index (χ3n) is 2.87. The molecule has 0 radical (unpaired) electrons. The molecular formula is C15H12BrCl2NO2. The summed E-state index contributed by atoms with van der Waals surface area (Å²) in [5.74, 6) is -0.429. The minimum Gasteiger partial charge on any atom is -0.467 e. The molecule has 0 bridgehead atoms. The Balaban J connectivity index is 2.34. The summed E-state index contributed by atoms with van der Waals surface area (Å²) < 4.78 is 5.80. The zero-order chi connectivity index (χ0) is 15.4. The molecule has 0 aliphatic carbocycles. The lowest BCUT2D eigenvalue weighted by molar-refractivity contribution is -0.141. The van der Waals surface area contributed by atoms with Gasteiger partial charge in [0, 0.05) is 25.8 Å². The second-order valence-electron chi connectivity index (χ2n) is 4.27. The van der Waals surface area contributed by atoms with E-state index in [0.717, 1.165) is 10.2 Å². The maximum atomic E-state index is 12.0. The fraction of sp³-hybridized carbons (Fsp3) is 0.133. The molecule has 0 spiro atoms. The number of carbonyl (C=O) groups is 1. The summed E-state index contributed by atoms with van der Waals surface area (Å²) in [4.78, 5) is 12.0. The summed E-state index contributed by atoms with van der Waals surface area (Å²) in [6.45, 7) is 0. The molecule has 0 aliphatic rings. The number of anilines is 1. The monoisotopic (exact) mass is 387 g/mol. The average molecular weight is 389 g/mol. The molecule has 2 aromatic carbocycles. The van der Waals surface area contributed by atoms with E-state index in [0.29, 0.717) is 15.6 Å². The van der Waals surface area contributed by atoms with Gasteiger partial charge in [-0.05, 0) is 36.4 Å². The van der Waals surface area contributed by atoms with Crippen LogP contribution >= 0.6 is 39.1 Å². The van der Waals surface area contributed by atoms with Crippen molar-refractivity contribution < 1.29 is 9.53 Å². The predicted octanol–water partition coefficient (Wildman–Crippen LogP) is 5.08. The fourth-order valence-electron chi connectivity index (χ4n) is 1.83. The molecule has 2 rings (SSSR count). The van der Waals surface area contributed by atoms with E-state index < -0.39 is 12.0 Å². The molecule has 6 heteroatoms. The van der Waals surface area contributed by atoms with Crippen molar-refractivity contribution in [2.75, 3.05) is 12.4 Å². The highest BCUT2D eigenvalue weighted by atomic mass is 79.9. The highest BCUT2D eigenvalue weighted by molar-refractivity contribution is 9.10. The standard InChI is InChI=1S/C15H12BrCl2NO2/c1-21-15(20)14(12-7-4-10(17)8-13(12)18)19-11-5-2-9(16)3-6-11/h2-8,14,19H,1H3. The van der Waals surface area contributed by atoms with Crippen LogP contribution in [0.4, 0.5) is 5.69 Å². The molecule has 0 saturated carbocycles. The molecule has 0 saturated heterocycles. The van der Waals surface area contributed by atoms with E-state index in [-0.39, 0.29) is 0 Å². The van der Waals surface area contributed by atoms with Crippen molar-refractivity contribution in [2.45, 2.75) is 6.04 Å². The third kappa shape index (κ3) is 4.13. The first-order valence-corrected chi connectivity index (χ1v) is 7.61. The van der Waals surface area contributed by atoms with Crippen molar-refractivity contribution in [3.63, 3.8) is 0 Å². The van der Waals surface area contributed by atoms with Crippen LogP contribution < -0.4 is 5.32 Å². The minimum atomic E-state index is -0.707. The van der Waals surface area contributed by atoms with Gasteiger partial charge in [-0.15, -0.1) is 0 Å². The number of hydrogen-bond donors (Lipinski definition) is 1. The Labute approximate surface area is 141 Å². The van der Waals surface area contributed by atoms with E-state index in [1.54, 1.807) is 18.2 Å². The van der Waals surface area contributed by atoms with Gasteiger partial charge in [0.15, 0.2) is 6.04 Å². The second kappa shape index (κ2) is 7.16.